The Hall–Kier alpha value is -5.47. The van der Waals surface area contributed by atoms with Crippen LogP contribution in [0.3, 0.4) is 0 Å². The highest BCUT2D eigenvalue weighted by Crippen LogP contribution is 2.45. The summed E-state index contributed by atoms with van der Waals surface area (Å²) in [5.74, 6) is 0.983. The van der Waals surface area contributed by atoms with Crippen molar-refractivity contribution in [2.24, 2.45) is 0 Å². The van der Waals surface area contributed by atoms with Gasteiger partial charge in [-0.05, 0) is 47.9 Å². The first-order chi connectivity index (χ1) is 25.8. The Morgan fingerprint density at radius 2 is 1.58 bits per heavy atom. The number of Topliss-reactive ketones (excluding diaryl/α,β-unsaturated/α-hetero) is 1. The maximum absolute atomic E-state index is 13.9. The van der Waals surface area contributed by atoms with Gasteiger partial charge in [0.05, 0.1) is 39.6 Å². The normalized spacial score (nSPS) is 19.2. The van der Waals surface area contributed by atoms with Gasteiger partial charge in [-0.15, -0.1) is 0 Å². The summed E-state index contributed by atoms with van der Waals surface area (Å²) in [6, 6.07) is 26.2. The van der Waals surface area contributed by atoms with Crippen LogP contribution in [-0.4, -0.2) is 89.2 Å². The molecular weight excluding hydrogens is 684 g/mol. The molecule has 3 aromatic carbocycles. The predicted octanol–water partition coefficient (Wildman–Crippen LogP) is 3.90. The minimum atomic E-state index is -1.44. The number of benzene rings is 3. The second-order valence-corrected chi connectivity index (χ2v) is 12.1. The molecule has 1 fully saturated rings. The third-order valence-corrected chi connectivity index (χ3v) is 8.96. The Bertz CT molecular complexity index is 1960. The average Bonchev–Trinajstić information content (AvgIpc) is 3.76. The number of methoxy groups -OCH3 is 2. The number of aliphatic hydroxyl groups excluding tert-OH is 1. The summed E-state index contributed by atoms with van der Waals surface area (Å²) in [6.45, 7) is 1.09. The number of nitrogen functional groups attached to an aromatic ring is 1. The van der Waals surface area contributed by atoms with Gasteiger partial charge in [-0.2, -0.15) is 5.26 Å². The fourth-order valence-electron chi connectivity index (χ4n) is 6.38. The van der Waals surface area contributed by atoms with Gasteiger partial charge in [-0.25, -0.2) is 15.0 Å². The van der Waals surface area contributed by atoms with Gasteiger partial charge in [0.1, 0.15) is 66.9 Å². The monoisotopic (exact) mass is 724 g/mol. The highest BCUT2D eigenvalue weighted by atomic mass is 16.7. The Labute approximate surface area is 305 Å². The molecule has 0 saturated carbocycles. The van der Waals surface area contributed by atoms with Crippen molar-refractivity contribution in [1.29, 1.82) is 5.26 Å². The molecule has 2 aromatic heterocycles. The van der Waals surface area contributed by atoms with Crippen LogP contribution >= 0.6 is 0 Å². The van der Waals surface area contributed by atoms with Crippen LogP contribution in [0, 0.1) is 11.3 Å². The third kappa shape index (κ3) is 7.69. The average molecular weight is 725 g/mol. The van der Waals surface area contributed by atoms with E-state index in [9.17, 15) is 9.90 Å². The van der Waals surface area contributed by atoms with Gasteiger partial charge >= 0.3 is 0 Å². The predicted molar refractivity (Wildman–Crippen MR) is 189 cm³/mol. The first-order valence-corrected chi connectivity index (χ1v) is 16.8. The van der Waals surface area contributed by atoms with Crippen molar-refractivity contribution >= 4 is 22.8 Å². The Morgan fingerprint density at radius 3 is 2.19 bits per heavy atom. The standard InChI is InChI=1S/C38H40N6O9/c1-24(45)32(53-38(25-8-5-4-6-9-25,26-10-14-28(47-2)15-11-26)27-12-16-29(48-3)17-13-27)33-31(46)34(51-23-50-22-49-19-7-18-39)37(52-33)44-21-43-30-35(40)41-20-42-36(30)44/h4-6,8-17,20-21,31-34,37,46H,7,19,22-23H2,1-3H3,(H2,40,41,42)/t31-,32?,33+,34-,37-/m1/s1. The van der Waals surface area contributed by atoms with Crippen molar-refractivity contribution in [3.63, 3.8) is 0 Å². The maximum Gasteiger partial charge on any atom is 0.167 e. The van der Waals surface area contributed by atoms with Crippen LogP contribution in [0.5, 0.6) is 11.5 Å². The van der Waals surface area contributed by atoms with E-state index in [-0.39, 0.29) is 32.4 Å². The summed E-state index contributed by atoms with van der Waals surface area (Å²) < 4.78 is 43.1. The van der Waals surface area contributed by atoms with Crippen LogP contribution in [0.15, 0.2) is 91.5 Å². The SMILES string of the molecule is COc1ccc(C(OC(C(C)=O)[C@H]2O[C@@H](n3cnc4c(N)ncnc43)[C@H](OCOCOCCC#N)[C@@H]2O)(c2ccccc2)c2ccc(OC)cc2)cc1. The van der Waals surface area contributed by atoms with Gasteiger partial charge in [0.15, 0.2) is 23.5 Å². The molecule has 1 unspecified atom stereocenters. The number of carbonyl (C=O) groups is 1. The zero-order valence-electron chi connectivity index (χ0n) is 29.4. The first-order valence-electron chi connectivity index (χ1n) is 16.8. The molecule has 15 nitrogen and oxygen atoms in total. The van der Waals surface area contributed by atoms with Crippen LogP contribution in [0.1, 0.15) is 36.3 Å². The largest absolute Gasteiger partial charge is 0.497 e. The number of imidazole rings is 1. The molecule has 1 saturated heterocycles. The zero-order chi connectivity index (χ0) is 37.4. The van der Waals surface area contributed by atoms with Gasteiger partial charge in [0.2, 0.25) is 0 Å². The van der Waals surface area contributed by atoms with Gasteiger partial charge in [-0.1, -0.05) is 54.6 Å². The summed E-state index contributed by atoms with van der Waals surface area (Å²) in [7, 11) is 3.16. The minimum Gasteiger partial charge on any atom is -0.497 e. The van der Waals surface area contributed by atoms with E-state index in [1.165, 1.54) is 19.6 Å². The molecule has 3 N–H and O–H groups in total. The molecule has 0 bridgehead atoms. The number of rotatable bonds is 17. The van der Waals surface area contributed by atoms with Gasteiger partial charge in [0.25, 0.3) is 0 Å². The fourth-order valence-corrected chi connectivity index (χ4v) is 6.38. The number of anilines is 1. The van der Waals surface area contributed by atoms with Crippen molar-refractivity contribution in [3.8, 4) is 17.6 Å². The second kappa shape index (κ2) is 16.9. The Morgan fingerprint density at radius 1 is 0.943 bits per heavy atom. The van der Waals surface area contributed by atoms with Crippen LogP contribution in [0.25, 0.3) is 11.2 Å². The van der Waals surface area contributed by atoms with Gasteiger partial charge in [-0.3, -0.25) is 9.36 Å². The number of nitrogens with zero attached hydrogens (tertiary/aromatic N) is 5. The molecule has 3 heterocycles. The molecule has 6 rings (SSSR count). The number of ketones is 1. The van der Waals surface area contributed by atoms with Gasteiger partial charge in [0, 0.05) is 0 Å². The zero-order valence-corrected chi connectivity index (χ0v) is 29.4. The topological polar surface area (TPSA) is 195 Å². The van der Waals surface area contributed by atoms with E-state index in [1.807, 2.05) is 84.9 Å². The molecular formula is C38H40N6O9. The quantitative estimate of drug-likeness (QED) is 0.0796. The molecule has 5 atom stereocenters. The van der Waals surface area contributed by atoms with E-state index < -0.39 is 42.0 Å². The molecule has 0 radical (unpaired) electrons. The van der Waals surface area contributed by atoms with Crippen LogP contribution in [0.2, 0.25) is 0 Å². The summed E-state index contributed by atoms with van der Waals surface area (Å²) in [5.41, 5.74) is 7.36. The number of fused-ring (bicyclic) bond motifs is 1. The van der Waals surface area contributed by atoms with E-state index >= 15 is 0 Å². The molecule has 0 amide bonds. The molecule has 0 aliphatic carbocycles. The number of hydrogen-bond acceptors (Lipinski definition) is 14. The van der Waals surface area contributed by atoms with Crippen molar-refractivity contribution in [2.45, 2.75) is 49.6 Å². The Balaban J connectivity index is 1.43. The van der Waals surface area contributed by atoms with E-state index in [1.54, 1.807) is 18.8 Å². The number of carbonyl (C=O) groups excluding carboxylic acids is 1. The molecule has 15 heteroatoms. The lowest BCUT2D eigenvalue weighted by molar-refractivity contribution is -0.174. The smallest absolute Gasteiger partial charge is 0.167 e. The highest BCUT2D eigenvalue weighted by Gasteiger charge is 2.53. The molecule has 0 spiro atoms. The van der Waals surface area contributed by atoms with Crippen LogP contribution < -0.4 is 15.2 Å². The van der Waals surface area contributed by atoms with Crippen molar-refractivity contribution in [3.05, 3.63) is 108 Å². The lowest BCUT2D eigenvalue weighted by Crippen LogP contribution is -2.49. The fraction of sp³-hybridized carbons (Fsp3) is 0.342. The summed E-state index contributed by atoms with van der Waals surface area (Å²) in [4.78, 5) is 26.6. The molecule has 276 valence electrons. The van der Waals surface area contributed by atoms with E-state index in [2.05, 4.69) is 15.0 Å². The molecule has 53 heavy (non-hydrogen) atoms. The van der Waals surface area contributed by atoms with Gasteiger partial charge < -0.3 is 44.0 Å². The number of ether oxygens (including phenoxy) is 7. The third-order valence-electron chi connectivity index (χ3n) is 8.96. The van der Waals surface area contributed by atoms with Crippen LogP contribution in [-0.2, 0) is 34.1 Å². The van der Waals surface area contributed by atoms with E-state index in [0.29, 0.717) is 39.4 Å². The van der Waals surface area contributed by atoms with Crippen molar-refractivity contribution < 1.29 is 43.1 Å². The molecule has 5 aromatic rings. The van der Waals surface area contributed by atoms with Crippen molar-refractivity contribution in [2.75, 3.05) is 40.1 Å². The maximum atomic E-state index is 13.9. The first kappa shape index (κ1) is 37.3. The van der Waals surface area contributed by atoms with Crippen LogP contribution in [0.4, 0.5) is 5.82 Å². The number of nitriles is 1. The lowest BCUT2D eigenvalue weighted by atomic mass is 9.79. The summed E-state index contributed by atoms with van der Waals surface area (Å²) >= 11 is 0. The Kier molecular flexibility index (Phi) is 11.9. The number of aromatic nitrogens is 4. The highest BCUT2D eigenvalue weighted by molar-refractivity contribution is 5.82. The summed E-state index contributed by atoms with van der Waals surface area (Å²) in [5, 5.41) is 20.8. The lowest BCUT2D eigenvalue weighted by Gasteiger charge is -2.40. The van der Waals surface area contributed by atoms with Crippen molar-refractivity contribution in [1.82, 2.24) is 19.5 Å². The van der Waals surface area contributed by atoms with E-state index in [4.69, 9.17) is 44.2 Å². The van der Waals surface area contributed by atoms with E-state index in [0.717, 1.165) is 0 Å². The second-order valence-electron chi connectivity index (χ2n) is 12.1. The number of aliphatic hydroxyl groups is 1. The molecule has 1 aliphatic heterocycles. The molecule has 1 aliphatic rings. The summed E-state index contributed by atoms with van der Waals surface area (Å²) in [6.07, 6.45) is -3.33. The minimum absolute atomic E-state index is 0.149. The number of hydrogen-bond donors (Lipinski definition) is 2. The number of nitrogens with two attached hydrogens (primary N) is 1.